The van der Waals surface area contributed by atoms with Gasteiger partial charge in [0.05, 0.1) is 5.60 Å². The Morgan fingerprint density at radius 2 is 2.00 bits per heavy atom. The second-order valence-corrected chi connectivity index (χ2v) is 4.60. The van der Waals surface area contributed by atoms with Crippen molar-refractivity contribution in [3.63, 3.8) is 0 Å². The third-order valence-electron chi connectivity index (χ3n) is 2.23. The Hall–Kier alpha value is -1.55. The first kappa shape index (κ1) is 12.5. The van der Waals surface area contributed by atoms with E-state index in [2.05, 4.69) is 0 Å². The molecule has 0 radical (unpaired) electrons. The highest BCUT2D eigenvalue weighted by Gasteiger charge is 2.18. The van der Waals surface area contributed by atoms with Crippen LogP contribution in [-0.2, 0) is 0 Å². The second kappa shape index (κ2) is 4.53. The van der Waals surface area contributed by atoms with Gasteiger partial charge in [0.25, 0.3) is 0 Å². The van der Waals surface area contributed by atoms with Crippen LogP contribution >= 0.6 is 0 Å². The molecular formula is C12H19N3O. The molecule has 0 amide bonds. The summed E-state index contributed by atoms with van der Waals surface area (Å²) >= 11 is 0. The number of aliphatic hydroxyl groups is 1. The number of para-hydroxylation sites is 1. The standard InChI is InChI=1S/C12H19N3O/c1-12(2,16)8-15(3)10-7-5-4-6-9(10)11(13)14/h4-7,16H,8H2,1-3H3,(H3,13,14). The van der Waals surface area contributed by atoms with Crippen molar-refractivity contribution in [1.29, 1.82) is 5.41 Å². The van der Waals surface area contributed by atoms with Crippen molar-refractivity contribution in [3.05, 3.63) is 29.8 Å². The Balaban J connectivity index is 2.99. The molecule has 0 bridgehead atoms. The summed E-state index contributed by atoms with van der Waals surface area (Å²) in [6.45, 7) is 3.98. The number of nitrogen functional groups attached to an aromatic ring is 1. The van der Waals surface area contributed by atoms with Gasteiger partial charge in [-0.05, 0) is 26.0 Å². The summed E-state index contributed by atoms with van der Waals surface area (Å²) in [7, 11) is 1.87. The molecule has 0 aliphatic heterocycles. The van der Waals surface area contributed by atoms with Crippen LogP contribution in [0.4, 0.5) is 5.69 Å². The minimum Gasteiger partial charge on any atom is -0.389 e. The Kier molecular flexibility index (Phi) is 3.55. The number of nitrogens with two attached hydrogens (primary N) is 1. The molecule has 0 fully saturated rings. The van der Waals surface area contributed by atoms with Crippen LogP contribution in [0.15, 0.2) is 24.3 Å². The summed E-state index contributed by atoms with van der Waals surface area (Å²) in [5, 5.41) is 17.2. The molecule has 4 nitrogen and oxygen atoms in total. The topological polar surface area (TPSA) is 73.3 Å². The van der Waals surface area contributed by atoms with Gasteiger partial charge >= 0.3 is 0 Å². The van der Waals surface area contributed by atoms with E-state index in [1.54, 1.807) is 19.9 Å². The molecule has 1 aromatic carbocycles. The van der Waals surface area contributed by atoms with Crippen LogP contribution in [0.2, 0.25) is 0 Å². The molecule has 0 aromatic heterocycles. The quantitative estimate of drug-likeness (QED) is 0.528. The summed E-state index contributed by atoms with van der Waals surface area (Å²) in [5.74, 6) is 0.0400. The summed E-state index contributed by atoms with van der Waals surface area (Å²) in [6, 6.07) is 7.43. The van der Waals surface area contributed by atoms with Crippen LogP contribution < -0.4 is 10.6 Å². The maximum absolute atomic E-state index is 9.75. The van der Waals surface area contributed by atoms with Gasteiger partial charge in [-0.2, -0.15) is 0 Å². The molecule has 1 aromatic rings. The minimum absolute atomic E-state index is 0.0400. The van der Waals surface area contributed by atoms with Crippen molar-refractivity contribution in [1.82, 2.24) is 0 Å². The molecular weight excluding hydrogens is 202 g/mol. The van der Waals surface area contributed by atoms with E-state index in [1.807, 2.05) is 30.1 Å². The van der Waals surface area contributed by atoms with E-state index < -0.39 is 5.60 Å². The van der Waals surface area contributed by atoms with Crippen molar-refractivity contribution in [3.8, 4) is 0 Å². The lowest BCUT2D eigenvalue weighted by Gasteiger charge is -2.28. The molecule has 1 rings (SSSR count). The fraction of sp³-hybridized carbons (Fsp3) is 0.417. The third-order valence-corrected chi connectivity index (χ3v) is 2.23. The van der Waals surface area contributed by atoms with Crippen molar-refractivity contribution in [2.75, 3.05) is 18.5 Å². The number of nitrogens with one attached hydrogen (secondary N) is 1. The van der Waals surface area contributed by atoms with Crippen LogP contribution in [0.5, 0.6) is 0 Å². The van der Waals surface area contributed by atoms with Gasteiger partial charge in [0.1, 0.15) is 5.84 Å². The zero-order valence-corrected chi connectivity index (χ0v) is 9.99. The van der Waals surface area contributed by atoms with Crippen molar-refractivity contribution >= 4 is 11.5 Å². The lowest BCUT2D eigenvalue weighted by Crippen LogP contribution is -2.37. The Morgan fingerprint density at radius 3 is 2.50 bits per heavy atom. The normalized spacial score (nSPS) is 11.2. The number of nitrogens with zero attached hydrogens (tertiary/aromatic N) is 1. The Morgan fingerprint density at radius 1 is 1.44 bits per heavy atom. The van der Waals surface area contributed by atoms with Gasteiger partial charge in [0, 0.05) is 24.8 Å². The molecule has 88 valence electrons. The predicted molar refractivity (Wildman–Crippen MR) is 67.0 cm³/mol. The molecule has 4 heteroatoms. The van der Waals surface area contributed by atoms with E-state index in [0.717, 1.165) is 5.69 Å². The molecule has 0 saturated heterocycles. The number of likely N-dealkylation sites (N-methyl/N-ethyl adjacent to an activating group) is 1. The second-order valence-electron chi connectivity index (χ2n) is 4.60. The van der Waals surface area contributed by atoms with Gasteiger partial charge in [-0.1, -0.05) is 12.1 Å². The smallest absolute Gasteiger partial charge is 0.124 e. The van der Waals surface area contributed by atoms with Crippen molar-refractivity contribution in [2.24, 2.45) is 5.73 Å². The fourth-order valence-electron chi connectivity index (χ4n) is 1.70. The number of benzene rings is 1. The minimum atomic E-state index is -0.779. The Bertz CT molecular complexity index is 382. The predicted octanol–water partition coefficient (Wildman–Crippen LogP) is 1.18. The number of hydrogen-bond donors (Lipinski definition) is 3. The van der Waals surface area contributed by atoms with Gasteiger partial charge in [-0.25, -0.2) is 0 Å². The summed E-state index contributed by atoms with van der Waals surface area (Å²) in [5.41, 5.74) is 6.28. The molecule has 4 N–H and O–H groups in total. The van der Waals surface area contributed by atoms with E-state index in [4.69, 9.17) is 11.1 Å². The Labute approximate surface area is 96.2 Å². The molecule has 0 unspecified atom stereocenters. The number of hydrogen-bond acceptors (Lipinski definition) is 3. The van der Waals surface area contributed by atoms with Crippen LogP contribution in [-0.4, -0.2) is 30.1 Å². The van der Waals surface area contributed by atoms with E-state index in [9.17, 15) is 5.11 Å². The maximum Gasteiger partial charge on any atom is 0.124 e. The zero-order chi connectivity index (χ0) is 12.3. The SMILES string of the molecule is CN(CC(C)(C)O)c1ccccc1C(=N)N. The molecule has 16 heavy (non-hydrogen) atoms. The number of anilines is 1. The first-order valence-corrected chi connectivity index (χ1v) is 5.18. The maximum atomic E-state index is 9.75. The molecule has 0 heterocycles. The van der Waals surface area contributed by atoms with Gasteiger partial charge in [0.2, 0.25) is 0 Å². The monoisotopic (exact) mass is 221 g/mol. The average molecular weight is 221 g/mol. The van der Waals surface area contributed by atoms with E-state index in [1.165, 1.54) is 0 Å². The van der Waals surface area contributed by atoms with Crippen LogP contribution in [0, 0.1) is 5.41 Å². The number of amidine groups is 1. The first-order valence-electron chi connectivity index (χ1n) is 5.18. The van der Waals surface area contributed by atoms with Crippen LogP contribution in [0.1, 0.15) is 19.4 Å². The van der Waals surface area contributed by atoms with E-state index in [-0.39, 0.29) is 5.84 Å². The van der Waals surface area contributed by atoms with Gasteiger partial charge in [-0.3, -0.25) is 5.41 Å². The van der Waals surface area contributed by atoms with Crippen LogP contribution in [0.3, 0.4) is 0 Å². The van der Waals surface area contributed by atoms with Crippen LogP contribution in [0.25, 0.3) is 0 Å². The number of rotatable bonds is 4. The summed E-state index contributed by atoms with van der Waals surface area (Å²) < 4.78 is 0. The summed E-state index contributed by atoms with van der Waals surface area (Å²) in [4.78, 5) is 1.90. The average Bonchev–Trinajstić information content (AvgIpc) is 2.15. The zero-order valence-electron chi connectivity index (χ0n) is 9.99. The molecule has 0 spiro atoms. The van der Waals surface area contributed by atoms with E-state index in [0.29, 0.717) is 12.1 Å². The molecule has 0 aliphatic rings. The fourth-order valence-corrected chi connectivity index (χ4v) is 1.70. The highest BCUT2D eigenvalue weighted by Crippen LogP contribution is 2.20. The third kappa shape index (κ3) is 3.24. The van der Waals surface area contributed by atoms with E-state index >= 15 is 0 Å². The molecule has 0 saturated carbocycles. The van der Waals surface area contributed by atoms with Crippen molar-refractivity contribution in [2.45, 2.75) is 19.4 Å². The lowest BCUT2D eigenvalue weighted by molar-refractivity contribution is 0.0886. The lowest BCUT2D eigenvalue weighted by atomic mass is 10.1. The highest BCUT2D eigenvalue weighted by atomic mass is 16.3. The van der Waals surface area contributed by atoms with Gasteiger partial charge in [-0.15, -0.1) is 0 Å². The van der Waals surface area contributed by atoms with Gasteiger partial charge < -0.3 is 15.7 Å². The largest absolute Gasteiger partial charge is 0.389 e. The van der Waals surface area contributed by atoms with Crippen molar-refractivity contribution < 1.29 is 5.11 Å². The summed E-state index contributed by atoms with van der Waals surface area (Å²) in [6.07, 6.45) is 0. The first-order chi connectivity index (χ1) is 7.31. The van der Waals surface area contributed by atoms with Gasteiger partial charge in [0.15, 0.2) is 0 Å². The highest BCUT2D eigenvalue weighted by molar-refractivity contribution is 6.00. The molecule has 0 atom stereocenters. The molecule has 0 aliphatic carbocycles.